The predicted octanol–water partition coefficient (Wildman–Crippen LogP) is 3.16. The number of hydrogen-bond acceptors (Lipinski definition) is 3. The SMILES string of the molecule is CC(C)(CCCCOCCCc1ccncc1)C(=N)N. The topological polar surface area (TPSA) is 72.0 Å². The van der Waals surface area contributed by atoms with E-state index >= 15 is 0 Å². The van der Waals surface area contributed by atoms with E-state index in [1.807, 2.05) is 38.4 Å². The molecule has 0 aliphatic rings. The molecule has 3 N–H and O–H groups in total. The molecule has 1 heterocycles. The number of amidine groups is 1. The minimum absolute atomic E-state index is 0.179. The normalized spacial score (nSPS) is 11.5. The van der Waals surface area contributed by atoms with Crippen LogP contribution in [0.15, 0.2) is 24.5 Å². The molecule has 0 spiro atoms. The number of hydrogen-bond donors (Lipinski definition) is 2. The summed E-state index contributed by atoms with van der Waals surface area (Å²) in [6.07, 6.45) is 8.77. The summed E-state index contributed by atoms with van der Waals surface area (Å²) in [6, 6.07) is 4.09. The number of nitrogens with zero attached hydrogens (tertiary/aromatic N) is 1. The van der Waals surface area contributed by atoms with Crippen LogP contribution in [0.1, 0.15) is 45.1 Å². The second-order valence-corrected chi connectivity index (χ2v) is 5.83. The van der Waals surface area contributed by atoms with Crippen LogP contribution in [0.3, 0.4) is 0 Å². The van der Waals surface area contributed by atoms with Crippen LogP contribution in [0.4, 0.5) is 0 Å². The van der Waals surface area contributed by atoms with Gasteiger partial charge in [-0.15, -0.1) is 0 Å². The molecule has 0 fully saturated rings. The smallest absolute Gasteiger partial charge is 0.0963 e. The summed E-state index contributed by atoms with van der Waals surface area (Å²) >= 11 is 0. The molecule has 0 aliphatic carbocycles. The van der Waals surface area contributed by atoms with Crippen molar-refractivity contribution in [2.45, 2.75) is 46.0 Å². The molecule has 112 valence electrons. The average Bonchev–Trinajstić information content (AvgIpc) is 2.42. The van der Waals surface area contributed by atoms with Crippen LogP contribution in [-0.4, -0.2) is 24.0 Å². The molecule has 0 amide bonds. The van der Waals surface area contributed by atoms with Crippen LogP contribution in [0, 0.1) is 10.8 Å². The van der Waals surface area contributed by atoms with E-state index in [0.717, 1.165) is 45.3 Å². The van der Waals surface area contributed by atoms with E-state index in [4.69, 9.17) is 15.9 Å². The van der Waals surface area contributed by atoms with E-state index in [2.05, 4.69) is 4.98 Å². The summed E-state index contributed by atoms with van der Waals surface area (Å²) in [5.74, 6) is 0.274. The number of rotatable bonds is 10. The van der Waals surface area contributed by atoms with Gasteiger partial charge in [-0.25, -0.2) is 0 Å². The fourth-order valence-corrected chi connectivity index (χ4v) is 1.94. The van der Waals surface area contributed by atoms with Crippen molar-refractivity contribution < 1.29 is 4.74 Å². The molecule has 4 nitrogen and oxygen atoms in total. The number of nitrogens with two attached hydrogens (primary N) is 1. The first-order chi connectivity index (χ1) is 9.52. The lowest BCUT2D eigenvalue weighted by molar-refractivity contribution is 0.126. The second-order valence-electron chi connectivity index (χ2n) is 5.83. The third kappa shape index (κ3) is 6.66. The number of unbranched alkanes of at least 4 members (excludes halogenated alkanes) is 1. The first-order valence-electron chi connectivity index (χ1n) is 7.33. The number of nitrogens with one attached hydrogen (secondary N) is 1. The lowest BCUT2D eigenvalue weighted by atomic mass is 9.86. The predicted molar refractivity (Wildman–Crippen MR) is 82.9 cm³/mol. The molecule has 0 aliphatic heterocycles. The highest BCUT2D eigenvalue weighted by molar-refractivity contribution is 5.82. The van der Waals surface area contributed by atoms with Crippen LogP contribution in [0.5, 0.6) is 0 Å². The Labute approximate surface area is 122 Å². The Hall–Kier alpha value is -1.42. The minimum Gasteiger partial charge on any atom is -0.387 e. The van der Waals surface area contributed by atoms with Gasteiger partial charge in [0.15, 0.2) is 0 Å². The Kier molecular flexibility index (Phi) is 7.23. The van der Waals surface area contributed by atoms with Gasteiger partial charge < -0.3 is 10.5 Å². The van der Waals surface area contributed by atoms with Gasteiger partial charge in [-0.05, 0) is 43.4 Å². The molecule has 1 aromatic rings. The van der Waals surface area contributed by atoms with Crippen molar-refractivity contribution in [2.75, 3.05) is 13.2 Å². The van der Waals surface area contributed by atoms with Gasteiger partial charge in [0.25, 0.3) is 0 Å². The lowest BCUT2D eigenvalue weighted by Crippen LogP contribution is -2.30. The van der Waals surface area contributed by atoms with Gasteiger partial charge >= 0.3 is 0 Å². The lowest BCUT2D eigenvalue weighted by Gasteiger charge is -2.22. The Morgan fingerprint density at radius 1 is 1.20 bits per heavy atom. The maximum Gasteiger partial charge on any atom is 0.0963 e. The molecule has 0 bridgehead atoms. The zero-order valence-electron chi connectivity index (χ0n) is 12.7. The van der Waals surface area contributed by atoms with Gasteiger partial charge in [0.05, 0.1) is 5.84 Å². The molecule has 4 heteroatoms. The fourth-order valence-electron chi connectivity index (χ4n) is 1.94. The number of aryl methyl sites for hydroxylation is 1. The van der Waals surface area contributed by atoms with Crippen molar-refractivity contribution in [3.8, 4) is 0 Å². The molecule has 0 aromatic carbocycles. The Morgan fingerprint density at radius 2 is 1.85 bits per heavy atom. The molecule has 1 aromatic heterocycles. The van der Waals surface area contributed by atoms with Gasteiger partial charge in [-0.1, -0.05) is 20.3 Å². The van der Waals surface area contributed by atoms with Crippen molar-refractivity contribution in [3.63, 3.8) is 0 Å². The van der Waals surface area contributed by atoms with Gasteiger partial charge in [0.2, 0.25) is 0 Å². The Balaban J connectivity index is 1.97. The maximum atomic E-state index is 7.49. The highest BCUT2D eigenvalue weighted by atomic mass is 16.5. The van der Waals surface area contributed by atoms with Crippen molar-refractivity contribution >= 4 is 5.84 Å². The van der Waals surface area contributed by atoms with E-state index < -0.39 is 0 Å². The first-order valence-corrected chi connectivity index (χ1v) is 7.33. The van der Waals surface area contributed by atoms with E-state index in [1.54, 1.807) is 0 Å². The minimum atomic E-state index is -0.179. The quantitative estimate of drug-likeness (QED) is 0.392. The van der Waals surface area contributed by atoms with Crippen LogP contribution in [0.2, 0.25) is 0 Å². The third-order valence-corrected chi connectivity index (χ3v) is 3.57. The molecule has 0 saturated carbocycles. The van der Waals surface area contributed by atoms with Gasteiger partial charge in [0.1, 0.15) is 0 Å². The van der Waals surface area contributed by atoms with E-state index in [9.17, 15) is 0 Å². The Morgan fingerprint density at radius 3 is 2.50 bits per heavy atom. The highest BCUT2D eigenvalue weighted by Gasteiger charge is 2.20. The zero-order chi connectivity index (χ0) is 14.8. The molecular weight excluding hydrogens is 250 g/mol. The van der Waals surface area contributed by atoms with Crippen molar-refractivity contribution in [2.24, 2.45) is 11.1 Å². The number of pyridine rings is 1. The molecular formula is C16H27N3O. The van der Waals surface area contributed by atoms with Gasteiger partial charge in [-0.3, -0.25) is 10.4 Å². The second kappa shape index (κ2) is 8.69. The highest BCUT2D eigenvalue weighted by Crippen LogP contribution is 2.22. The molecule has 0 radical (unpaired) electrons. The van der Waals surface area contributed by atoms with Gasteiger partial charge in [-0.2, -0.15) is 0 Å². The molecule has 0 saturated heterocycles. The third-order valence-electron chi connectivity index (χ3n) is 3.57. The van der Waals surface area contributed by atoms with Crippen LogP contribution < -0.4 is 5.73 Å². The van der Waals surface area contributed by atoms with Gasteiger partial charge in [0, 0.05) is 31.0 Å². The summed E-state index contributed by atoms with van der Waals surface area (Å²) in [7, 11) is 0. The monoisotopic (exact) mass is 277 g/mol. The number of aromatic nitrogens is 1. The van der Waals surface area contributed by atoms with Crippen LogP contribution >= 0.6 is 0 Å². The molecule has 20 heavy (non-hydrogen) atoms. The average molecular weight is 277 g/mol. The van der Waals surface area contributed by atoms with E-state index in [1.165, 1.54) is 5.56 Å². The first kappa shape index (κ1) is 16.6. The summed E-state index contributed by atoms with van der Waals surface area (Å²) in [5.41, 5.74) is 6.69. The number of ether oxygens (including phenoxy) is 1. The van der Waals surface area contributed by atoms with E-state index in [-0.39, 0.29) is 11.3 Å². The van der Waals surface area contributed by atoms with Crippen LogP contribution in [0.25, 0.3) is 0 Å². The molecule has 0 atom stereocenters. The largest absolute Gasteiger partial charge is 0.387 e. The van der Waals surface area contributed by atoms with E-state index in [0.29, 0.717) is 0 Å². The Bertz CT molecular complexity index is 390. The zero-order valence-corrected chi connectivity index (χ0v) is 12.7. The fraction of sp³-hybridized carbons (Fsp3) is 0.625. The summed E-state index contributed by atoms with van der Waals surface area (Å²) in [6.45, 7) is 5.64. The standard InChI is InChI=1S/C16H27N3O/c1-16(2,15(17)18)9-3-4-12-20-13-5-6-14-7-10-19-11-8-14/h7-8,10-11H,3-6,9,12-13H2,1-2H3,(H3,17,18). The summed E-state index contributed by atoms with van der Waals surface area (Å²) in [4.78, 5) is 4.00. The molecule has 1 rings (SSSR count). The van der Waals surface area contributed by atoms with Crippen molar-refractivity contribution in [1.29, 1.82) is 5.41 Å². The van der Waals surface area contributed by atoms with Crippen LogP contribution in [-0.2, 0) is 11.2 Å². The summed E-state index contributed by atoms with van der Waals surface area (Å²) in [5, 5.41) is 7.49. The maximum absolute atomic E-state index is 7.49. The molecule has 0 unspecified atom stereocenters. The van der Waals surface area contributed by atoms with Crippen molar-refractivity contribution in [1.82, 2.24) is 4.98 Å². The summed E-state index contributed by atoms with van der Waals surface area (Å²) < 4.78 is 5.63. The van der Waals surface area contributed by atoms with Crippen molar-refractivity contribution in [3.05, 3.63) is 30.1 Å².